The molecule has 0 bridgehead atoms. The molecule has 0 aliphatic heterocycles. The van der Waals surface area contributed by atoms with Gasteiger partial charge in [-0.05, 0) is 77.9 Å². The van der Waals surface area contributed by atoms with Gasteiger partial charge in [0, 0.05) is 74.4 Å². The molecule has 1 aliphatic carbocycles. The molecule has 1 unspecified atom stereocenters. The van der Waals surface area contributed by atoms with Crippen LogP contribution in [0.3, 0.4) is 0 Å². The van der Waals surface area contributed by atoms with E-state index < -0.39 is 0 Å². The van der Waals surface area contributed by atoms with Crippen molar-refractivity contribution in [3.05, 3.63) is 168 Å². The summed E-state index contributed by atoms with van der Waals surface area (Å²) in [5, 5.41) is 11.4. The Morgan fingerprint density at radius 1 is 0.508 bits per heavy atom. The van der Waals surface area contributed by atoms with Gasteiger partial charge in [-0.15, -0.1) is 11.3 Å². The Kier molecular flexibility index (Phi) is 7.22. The van der Waals surface area contributed by atoms with Crippen LogP contribution < -0.4 is 10.6 Å². The molecule has 0 saturated carbocycles. The minimum atomic E-state index is 0.425. The van der Waals surface area contributed by atoms with Gasteiger partial charge < -0.3 is 8.83 Å². The number of aromatic nitrogens is 4. The zero-order valence-corrected chi connectivity index (χ0v) is 34.8. The molecule has 0 amide bonds. The van der Waals surface area contributed by atoms with Crippen molar-refractivity contribution in [2.75, 3.05) is 0 Å². The molecule has 1 aliphatic rings. The number of hydrogen-bond acceptors (Lipinski definition) is 6. The molecule has 1 atom stereocenters. The number of benzene rings is 8. The van der Waals surface area contributed by atoms with Crippen molar-refractivity contribution in [1.29, 1.82) is 0 Å². The Bertz CT molecular complexity index is 4230. The van der Waals surface area contributed by atoms with E-state index in [1.807, 2.05) is 29.5 Å². The molecule has 0 spiro atoms. The molecule has 296 valence electrons. The average Bonchev–Trinajstić information content (AvgIpc) is 4.09. The first-order chi connectivity index (χ1) is 31.1. The molecular formula is C56H34N4O2S. The minimum absolute atomic E-state index is 0.425. The summed E-state index contributed by atoms with van der Waals surface area (Å²) in [4.78, 5) is 16.2. The molecule has 5 aromatic heterocycles. The van der Waals surface area contributed by atoms with Gasteiger partial charge in [-0.3, -0.25) is 4.57 Å². The Morgan fingerprint density at radius 2 is 1.17 bits per heavy atom. The average molecular weight is 827 g/mol. The molecule has 8 aromatic carbocycles. The second-order valence-electron chi connectivity index (χ2n) is 16.8. The summed E-state index contributed by atoms with van der Waals surface area (Å²) >= 11 is 1.83. The van der Waals surface area contributed by atoms with E-state index in [9.17, 15) is 0 Å². The van der Waals surface area contributed by atoms with Crippen molar-refractivity contribution in [2.45, 2.75) is 13.3 Å². The first-order valence-electron chi connectivity index (χ1n) is 21.4. The van der Waals surface area contributed by atoms with E-state index in [0.29, 0.717) is 23.5 Å². The van der Waals surface area contributed by atoms with Crippen LogP contribution in [0.2, 0.25) is 0 Å². The molecule has 0 saturated heterocycles. The van der Waals surface area contributed by atoms with Crippen molar-refractivity contribution in [3.8, 4) is 39.9 Å². The van der Waals surface area contributed by atoms with Crippen molar-refractivity contribution in [2.24, 2.45) is 5.92 Å². The van der Waals surface area contributed by atoms with Gasteiger partial charge in [0.1, 0.15) is 22.2 Å². The number of nitrogens with zero attached hydrogens (tertiary/aromatic N) is 4. The normalized spacial score (nSPS) is 14.1. The van der Waals surface area contributed by atoms with Crippen LogP contribution in [0.1, 0.15) is 13.3 Å². The Labute approximate surface area is 363 Å². The lowest BCUT2D eigenvalue weighted by Gasteiger charge is -2.14. The lowest BCUT2D eigenvalue weighted by Crippen LogP contribution is -2.24. The molecule has 6 nitrogen and oxygen atoms in total. The van der Waals surface area contributed by atoms with Crippen molar-refractivity contribution in [1.82, 2.24) is 19.5 Å². The Hall–Kier alpha value is -7.87. The SMILES string of the molecule is CC1C=c2oc3cc(-c4nc(-c5ccc6c(c5)oc5ccccc56)nc(-n5c6c(-c7ccc8sc9ccccc9c8c7)cccc6c6ccc7ccccc7c65)n4)ccc3c2=CC1. The van der Waals surface area contributed by atoms with Crippen molar-refractivity contribution >= 4 is 109 Å². The first-order valence-corrected chi connectivity index (χ1v) is 22.2. The standard InChI is InChI=1S/C56H34N4O2S/c1-31-17-22-39-41-24-20-35(30-49(41)62-47(39)27-31)55-57-54(34-19-23-40-38-11-4-6-15-46(38)61-48(40)29-34)58-56(59-55)60-52-36-10-3-2-9-32(36)18-25-44(52)43-14-8-13-37(53(43)60)33-21-26-51-45(28-33)42-12-5-7-16-50(42)63-51/h2-16,18-31H,17H2,1H3. The van der Waals surface area contributed by atoms with Gasteiger partial charge >= 0.3 is 0 Å². The zero-order valence-electron chi connectivity index (χ0n) is 34.0. The number of para-hydroxylation sites is 2. The quantitative estimate of drug-likeness (QED) is 0.177. The fourth-order valence-corrected chi connectivity index (χ4v) is 11.1. The fraction of sp³-hybridized carbons (Fsp3) is 0.0536. The van der Waals surface area contributed by atoms with E-state index in [1.54, 1.807) is 0 Å². The predicted molar refractivity (Wildman–Crippen MR) is 260 cm³/mol. The van der Waals surface area contributed by atoms with Crippen LogP contribution in [0.5, 0.6) is 0 Å². The summed E-state index contributed by atoms with van der Waals surface area (Å²) in [6.07, 6.45) is 5.51. The molecule has 14 rings (SSSR count). The lowest BCUT2D eigenvalue weighted by atomic mass is 9.99. The molecule has 63 heavy (non-hydrogen) atoms. The molecule has 0 radical (unpaired) electrons. The van der Waals surface area contributed by atoms with Gasteiger partial charge in [0.15, 0.2) is 11.6 Å². The minimum Gasteiger partial charge on any atom is -0.456 e. The predicted octanol–water partition coefficient (Wildman–Crippen LogP) is 13.7. The van der Waals surface area contributed by atoms with Crippen LogP contribution in [0, 0.1) is 5.92 Å². The van der Waals surface area contributed by atoms with Crippen molar-refractivity contribution in [3.63, 3.8) is 0 Å². The molecule has 7 heteroatoms. The van der Waals surface area contributed by atoms with Crippen LogP contribution in [0.15, 0.2) is 167 Å². The number of furan rings is 2. The second kappa shape index (κ2) is 13.1. The summed E-state index contributed by atoms with van der Waals surface area (Å²) in [5.41, 5.74) is 9.35. The molecule has 5 heterocycles. The van der Waals surface area contributed by atoms with E-state index in [0.717, 1.165) is 105 Å². The molecule has 0 fully saturated rings. The maximum absolute atomic E-state index is 6.52. The lowest BCUT2D eigenvalue weighted by molar-refractivity contribution is 0.565. The van der Waals surface area contributed by atoms with Gasteiger partial charge in [0.05, 0.1) is 11.0 Å². The monoisotopic (exact) mass is 826 g/mol. The zero-order chi connectivity index (χ0) is 41.3. The van der Waals surface area contributed by atoms with Crippen LogP contribution in [-0.4, -0.2) is 19.5 Å². The first kappa shape index (κ1) is 34.8. The number of hydrogen-bond donors (Lipinski definition) is 0. The molecular weight excluding hydrogens is 793 g/mol. The van der Waals surface area contributed by atoms with Crippen LogP contribution >= 0.6 is 11.3 Å². The summed E-state index contributed by atoms with van der Waals surface area (Å²) in [6.45, 7) is 2.22. The third-order valence-corrected chi connectivity index (χ3v) is 14.1. The Morgan fingerprint density at radius 3 is 2.05 bits per heavy atom. The van der Waals surface area contributed by atoms with Crippen molar-refractivity contribution < 1.29 is 8.83 Å². The maximum atomic E-state index is 6.52. The number of rotatable bonds is 4. The van der Waals surface area contributed by atoms with Gasteiger partial charge in [-0.25, -0.2) is 4.98 Å². The highest BCUT2D eigenvalue weighted by Gasteiger charge is 2.23. The van der Waals surface area contributed by atoms with Crippen LogP contribution in [0.25, 0.3) is 138 Å². The third kappa shape index (κ3) is 5.20. The highest BCUT2D eigenvalue weighted by Crippen LogP contribution is 2.43. The summed E-state index contributed by atoms with van der Waals surface area (Å²) in [5.74, 6) is 2.05. The smallest absolute Gasteiger partial charge is 0.238 e. The molecule has 13 aromatic rings. The van der Waals surface area contributed by atoms with E-state index in [1.165, 1.54) is 20.2 Å². The van der Waals surface area contributed by atoms with Gasteiger partial charge in [-0.2, -0.15) is 9.97 Å². The Balaban J connectivity index is 1.08. The van der Waals surface area contributed by atoms with E-state index in [4.69, 9.17) is 23.8 Å². The second-order valence-corrected chi connectivity index (χ2v) is 17.9. The van der Waals surface area contributed by atoms with Crippen LogP contribution in [0.4, 0.5) is 0 Å². The fourth-order valence-electron chi connectivity index (χ4n) is 9.98. The maximum Gasteiger partial charge on any atom is 0.238 e. The van der Waals surface area contributed by atoms with Gasteiger partial charge in [0.25, 0.3) is 0 Å². The van der Waals surface area contributed by atoms with E-state index in [-0.39, 0.29) is 0 Å². The summed E-state index contributed by atoms with van der Waals surface area (Å²) in [6, 6.07) is 56.0. The molecule has 0 N–H and O–H groups in total. The van der Waals surface area contributed by atoms with Gasteiger partial charge in [0.2, 0.25) is 5.95 Å². The highest BCUT2D eigenvalue weighted by molar-refractivity contribution is 7.25. The largest absolute Gasteiger partial charge is 0.456 e. The highest BCUT2D eigenvalue weighted by atomic mass is 32.1. The number of fused-ring (bicyclic) bond motifs is 14. The third-order valence-electron chi connectivity index (χ3n) is 13.0. The van der Waals surface area contributed by atoms with E-state index >= 15 is 0 Å². The summed E-state index contributed by atoms with van der Waals surface area (Å²) in [7, 11) is 0. The van der Waals surface area contributed by atoms with Crippen LogP contribution in [-0.2, 0) is 0 Å². The number of thiophene rings is 1. The summed E-state index contributed by atoms with van der Waals surface area (Å²) < 4.78 is 17.8. The van der Waals surface area contributed by atoms with Gasteiger partial charge in [-0.1, -0.05) is 122 Å². The topological polar surface area (TPSA) is 69.9 Å². The van der Waals surface area contributed by atoms with E-state index in [2.05, 4.69) is 163 Å².